The summed E-state index contributed by atoms with van der Waals surface area (Å²) in [4.78, 5) is 6.56. The highest BCUT2D eigenvalue weighted by Gasteiger charge is 2.38. The molecule has 2 aliphatic rings. The molecule has 3 rings (SSSR count). The molecule has 1 N–H and O–H groups in total. The van der Waals surface area contributed by atoms with E-state index in [1.165, 1.54) is 0 Å². The number of aliphatic imine (C=N–C) groups is 1. The summed E-state index contributed by atoms with van der Waals surface area (Å²) in [5.41, 5.74) is 0.585. The van der Waals surface area contributed by atoms with E-state index < -0.39 is 0 Å². The Hall–Kier alpha value is -0.560. The van der Waals surface area contributed by atoms with Gasteiger partial charge in [-0.2, -0.15) is 0 Å². The number of nitrogens with one attached hydrogen (secondary N) is 1. The molecule has 1 aromatic rings. The van der Waals surface area contributed by atoms with Gasteiger partial charge in [-0.25, -0.2) is 4.39 Å². The zero-order valence-electron chi connectivity index (χ0n) is 12.7. The molecule has 22 heavy (non-hydrogen) atoms. The monoisotopic (exact) mass is 437 g/mol. The van der Waals surface area contributed by atoms with Crippen LogP contribution < -0.4 is 5.32 Å². The van der Waals surface area contributed by atoms with E-state index in [0.717, 1.165) is 50.3 Å². The minimum Gasteiger partial charge on any atom is -0.355 e. The van der Waals surface area contributed by atoms with Gasteiger partial charge in [0, 0.05) is 25.6 Å². The van der Waals surface area contributed by atoms with Crippen molar-refractivity contribution in [3.8, 4) is 0 Å². The fourth-order valence-electron chi connectivity index (χ4n) is 3.48. The van der Waals surface area contributed by atoms with Crippen LogP contribution in [0.15, 0.2) is 23.2 Å². The van der Waals surface area contributed by atoms with Gasteiger partial charge in [-0.15, -0.1) is 24.0 Å². The average Bonchev–Trinajstić information content (AvgIpc) is 3.09. The van der Waals surface area contributed by atoms with E-state index in [-0.39, 0.29) is 40.2 Å². The number of hydrogen-bond donors (Lipinski definition) is 1. The van der Waals surface area contributed by atoms with Gasteiger partial charge in [0.2, 0.25) is 0 Å². The summed E-state index contributed by atoms with van der Waals surface area (Å²) < 4.78 is 14.5. The smallest absolute Gasteiger partial charge is 0.193 e. The molecule has 1 aliphatic heterocycles. The van der Waals surface area contributed by atoms with Crippen molar-refractivity contribution in [2.75, 3.05) is 26.7 Å². The Kier molecular flexibility index (Phi) is 5.94. The molecular formula is C16H22ClFIN3. The number of nitrogens with zero attached hydrogens (tertiary/aromatic N) is 2. The van der Waals surface area contributed by atoms with Gasteiger partial charge in [0.05, 0.1) is 11.6 Å². The highest BCUT2D eigenvalue weighted by Crippen LogP contribution is 2.42. The van der Waals surface area contributed by atoms with E-state index in [1.54, 1.807) is 6.07 Å². The Morgan fingerprint density at radius 1 is 1.36 bits per heavy atom. The predicted octanol–water partition coefficient (Wildman–Crippen LogP) is 3.80. The van der Waals surface area contributed by atoms with Crippen LogP contribution in [0.3, 0.4) is 0 Å². The van der Waals surface area contributed by atoms with Crippen LogP contribution >= 0.6 is 35.6 Å². The summed E-state index contributed by atoms with van der Waals surface area (Å²) in [6, 6.07) is 5.35. The highest BCUT2D eigenvalue weighted by molar-refractivity contribution is 14.0. The topological polar surface area (TPSA) is 27.6 Å². The molecule has 0 saturated heterocycles. The van der Waals surface area contributed by atoms with Gasteiger partial charge in [-0.1, -0.05) is 36.6 Å². The van der Waals surface area contributed by atoms with E-state index in [1.807, 2.05) is 19.2 Å². The normalized spacial score (nSPS) is 19.8. The third-order valence-corrected chi connectivity index (χ3v) is 5.02. The van der Waals surface area contributed by atoms with Crippen LogP contribution in [0.2, 0.25) is 5.02 Å². The van der Waals surface area contributed by atoms with Crippen LogP contribution in [0.4, 0.5) is 4.39 Å². The summed E-state index contributed by atoms with van der Waals surface area (Å²) in [7, 11) is 2.03. The van der Waals surface area contributed by atoms with Gasteiger partial charge in [-0.05, 0) is 24.5 Å². The molecule has 1 fully saturated rings. The fraction of sp³-hybridized carbons (Fsp3) is 0.562. The average molecular weight is 438 g/mol. The lowest BCUT2D eigenvalue weighted by Crippen LogP contribution is -2.44. The maximum atomic E-state index is 14.5. The quantitative estimate of drug-likeness (QED) is 0.729. The molecule has 0 amide bonds. The van der Waals surface area contributed by atoms with Crippen LogP contribution in [-0.2, 0) is 5.41 Å². The largest absolute Gasteiger partial charge is 0.355 e. The second-order valence-electron chi connectivity index (χ2n) is 6.07. The molecule has 0 bridgehead atoms. The first kappa shape index (κ1) is 17.8. The van der Waals surface area contributed by atoms with E-state index >= 15 is 0 Å². The number of likely N-dealkylation sites (N-methyl/N-ethyl adjacent to an activating group) is 1. The van der Waals surface area contributed by atoms with Crippen molar-refractivity contribution in [2.24, 2.45) is 4.99 Å². The van der Waals surface area contributed by atoms with Crippen LogP contribution in [0.1, 0.15) is 31.2 Å². The van der Waals surface area contributed by atoms with Gasteiger partial charge in [0.15, 0.2) is 5.96 Å². The summed E-state index contributed by atoms with van der Waals surface area (Å²) in [6.07, 6.45) is 4.26. The molecular weight excluding hydrogens is 416 g/mol. The Balaban J connectivity index is 0.00000176. The Bertz CT molecular complexity index is 558. The summed E-state index contributed by atoms with van der Waals surface area (Å²) in [5.74, 6) is 0.660. The second kappa shape index (κ2) is 7.34. The van der Waals surface area contributed by atoms with Crippen molar-refractivity contribution in [1.29, 1.82) is 0 Å². The third kappa shape index (κ3) is 3.35. The van der Waals surface area contributed by atoms with Crippen molar-refractivity contribution < 1.29 is 4.39 Å². The number of benzene rings is 1. The van der Waals surface area contributed by atoms with Gasteiger partial charge in [-0.3, -0.25) is 4.99 Å². The predicted molar refractivity (Wildman–Crippen MR) is 99.9 cm³/mol. The zero-order valence-corrected chi connectivity index (χ0v) is 15.8. The minimum atomic E-state index is -0.260. The molecule has 1 aromatic carbocycles. The van der Waals surface area contributed by atoms with Gasteiger partial charge >= 0.3 is 0 Å². The number of guanidine groups is 1. The molecule has 6 heteroatoms. The first-order valence-electron chi connectivity index (χ1n) is 7.56. The number of halogens is 3. The molecule has 1 aliphatic carbocycles. The number of hydrogen-bond acceptors (Lipinski definition) is 3. The van der Waals surface area contributed by atoms with Gasteiger partial charge in [0.25, 0.3) is 0 Å². The van der Waals surface area contributed by atoms with Crippen LogP contribution in [0.25, 0.3) is 0 Å². The lowest BCUT2D eigenvalue weighted by Gasteiger charge is -2.31. The summed E-state index contributed by atoms with van der Waals surface area (Å²) in [5, 5.41) is 3.64. The summed E-state index contributed by atoms with van der Waals surface area (Å²) in [6.45, 7) is 2.49. The molecule has 1 saturated carbocycles. The van der Waals surface area contributed by atoms with Crippen molar-refractivity contribution in [3.05, 3.63) is 34.6 Å². The molecule has 122 valence electrons. The molecule has 3 nitrogen and oxygen atoms in total. The lowest BCUT2D eigenvalue weighted by atomic mass is 9.78. The van der Waals surface area contributed by atoms with Crippen LogP contribution in [0.5, 0.6) is 0 Å². The molecule has 0 atom stereocenters. The molecule has 0 radical (unpaired) electrons. The lowest BCUT2D eigenvalue weighted by molar-refractivity contribution is 0.402. The Morgan fingerprint density at radius 3 is 2.73 bits per heavy atom. The number of rotatable bonds is 3. The van der Waals surface area contributed by atoms with Crippen molar-refractivity contribution in [3.63, 3.8) is 0 Å². The fourth-order valence-corrected chi connectivity index (χ4v) is 3.65. The third-order valence-electron chi connectivity index (χ3n) is 4.73. The minimum absolute atomic E-state index is 0. The Morgan fingerprint density at radius 2 is 2.09 bits per heavy atom. The van der Waals surface area contributed by atoms with E-state index in [0.29, 0.717) is 6.54 Å². The maximum absolute atomic E-state index is 14.5. The zero-order chi connectivity index (χ0) is 14.9. The highest BCUT2D eigenvalue weighted by atomic mass is 127. The summed E-state index contributed by atoms with van der Waals surface area (Å²) >= 11 is 5.98. The van der Waals surface area contributed by atoms with Crippen LogP contribution in [0, 0.1) is 5.82 Å². The van der Waals surface area contributed by atoms with Gasteiger partial charge < -0.3 is 10.2 Å². The standard InChI is InChI=1S/C16H21ClFN3.HI/c1-21-10-9-19-15(21)20-11-16(7-2-3-8-16)12-5-4-6-13(17)14(12)18;/h4-6H,2-3,7-11H2,1H3,(H,19,20);1H. The van der Waals surface area contributed by atoms with E-state index in [4.69, 9.17) is 11.6 Å². The molecule has 0 spiro atoms. The molecule has 1 heterocycles. The first-order valence-corrected chi connectivity index (χ1v) is 7.94. The Labute approximate surface area is 153 Å². The van der Waals surface area contributed by atoms with Crippen molar-refractivity contribution in [2.45, 2.75) is 31.1 Å². The van der Waals surface area contributed by atoms with Crippen molar-refractivity contribution in [1.82, 2.24) is 10.2 Å². The van der Waals surface area contributed by atoms with Crippen LogP contribution in [-0.4, -0.2) is 37.5 Å². The second-order valence-corrected chi connectivity index (χ2v) is 6.48. The van der Waals surface area contributed by atoms with E-state index in [2.05, 4.69) is 15.2 Å². The first-order chi connectivity index (χ1) is 10.1. The molecule has 0 unspecified atom stereocenters. The van der Waals surface area contributed by atoms with E-state index in [9.17, 15) is 4.39 Å². The maximum Gasteiger partial charge on any atom is 0.193 e. The molecule has 0 aromatic heterocycles. The SMILES string of the molecule is CN1CCN=C1NCC1(c2cccc(Cl)c2F)CCCC1.I. The van der Waals surface area contributed by atoms with Crippen molar-refractivity contribution >= 4 is 41.5 Å². The van der Waals surface area contributed by atoms with Gasteiger partial charge in [0.1, 0.15) is 5.82 Å².